The van der Waals surface area contributed by atoms with E-state index in [1.807, 2.05) is 30.3 Å². The van der Waals surface area contributed by atoms with Gasteiger partial charge in [0.15, 0.2) is 0 Å². The van der Waals surface area contributed by atoms with Crippen LogP contribution in [0.15, 0.2) is 43.0 Å². The Labute approximate surface area is 93.8 Å². The summed E-state index contributed by atoms with van der Waals surface area (Å²) < 4.78 is 0. The lowest BCUT2D eigenvalue weighted by atomic mass is 10.3. The van der Waals surface area contributed by atoms with E-state index < -0.39 is 0 Å². The first kappa shape index (κ1) is 10.4. The van der Waals surface area contributed by atoms with Gasteiger partial charge in [-0.1, -0.05) is 24.3 Å². The van der Waals surface area contributed by atoms with Gasteiger partial charge < -0.3 is 0 Å². The van der Waals surface area contributed by atoms with Gasteiger partial charge in [-0.15, -0.1) is 6.58 Å². The molecule has 0 aliphatic carbocycles. The lowest BCUT2D eigenvalue weighted by Gasteiger charge is -2.15. The normalized spacial score (nSPS) is 15.8. The van der Waals surface area contributed by atoms with Crippen molar-refractivity contribution in [2.75, 3.05) is 18.0 Å². The number of benzene rings is 1. The molecule has 0 unspecified atom stereocenters. The van der Waals surface area contributed by atoms with Crippen LogP contribution in [0.5, 0.6) is 0 Å². The first-order chi connectivity index (χ1) is 7.74. The Morgan fingerprint density at radius 1 is 1.25 bits per heavy atom. The van der Waals surface area contributed by atoms with E-state index in [9.17, 15) is 9.59 Å². The molecule has 2 rings (SSSR count). The molecule has 0 N–H and O–H groups in total. The Bertz CT molecular complexity index is 428. The van der Waals surface area contributed by atoms with Crippen molar-refractivity contribution in [1.29, 1.82) is 0 Å². The highest BCUT2D eigenvalue weighted by Gasteiger charge is 2.35. The molecule has 0 aromatic heterocycles. The smallest absolute Gasteiger partial charge is 0.285 e. The molecule has 4 heteroatoms. The molecule has 0 atom stereocenters. The van der Waals surface area contributed by atoms with E-state index in [1.165, 1.54) is 9.80 Å². The van der Waals surface area contributed by atoms with Crippen LogP contribution in [-0.2, 0) is 4.79 Å². The lowest BCUT2D eigenvalue weighted by Crippen LogP contribution is -2.33. The highest BCUT2D eigenvalue weighted by Crippen LogP contribution is 2.20. The van der Waals surface area contributed by atoms with E-state index in [-0.39, 0.29) is 25.0 Å². The lowest BCUT2D eigenvalue weighted by molar-refractivity contribution is -0.124. The van der Waals surface area contributed by atoms with Crippen LogP contribution < -0.4 is 4.90 Å². The standard InChI is InChI=1S/C12H12N2O2/c1-2-8-13-11(15)9-14(12(13)16)10-6-4-3-5-7-10/h2-7H,1,8-9H2. The number of anilines is 1. The molecule has 1 aliphatic heterocycles. The summed E-state index contributed by atoms with van der Waals surface area (Å²) >= 11 is 0. The second-order valence-electron chi connectivity index (χ2n) is 3.50. The van der Waals surface area contributed by atoms with Crippen molar-refractivity contribution in [1.82, 2.24) is 4.90 Å². The molecular weight excluding hydrogens is 204 g/mol. The Balaban J connectivity index is 2.24. The molecule has 16 heavy (non-hydrogen) atoms. The van der Waals surface area contributed by atoms with E-state index in [4.69, 9.17) is 0 Å². The fourth-order valence-electron chi connectivity index (χ4n) is 1.66. The molecule has 4 nitrogen and oxygen atoms in total. The quantitative estimate of drug-likeness (QED) is 0.569. The number of rotatable bonds is 3. The highest BCUT2D eigenvalue weighted by atomic mass is 16.2. The van der Waals surface area contributed by atoms with Gasteiger partial charge >= 0.3 is 6.03 Å². The van der Waals surface area contributed by atoms with Crippen LogP contribution in [0.1, 0.15) is 0 Å². The van der Waals surface area contributed by atoms with Crippen LogP contribution in [0.3, 0.4) is 0 Å². The molecule has 0 saturated carbocycles. The largest absolute Gasteiger partial charge is 0.332 e. The number of carbonyl (C=O) groups excluding carboxylic acids is 2. The molecular formula is C12H12N2O2. The van der Waals surface area contributed by atoms with E-state index in [0.29, 0.717) is 0 Å². The van der Waals surface area contributed by atoms with Crippen LogP contribution in [0.25, 0.3) is 0 Å². The molecule has 1 heterocycles. The van der Waals surface area contributed by atoms with Crippen molar-refractivity contribution in [3.8, 4) is 0 Å². The SMILES string of the molecule is C=CCN1C(=O)CN(c2ccccc2)C1=O. The van der Waals surface area contributed by atoms with Gasteiger partial charge in [0.05, 0.1) is 0 Å². The molecule has 3 amide bonds. The summed E-state index contributed by atoms with van der Waals surface area (Å²) in [4.78, 5) is 26.1. The number of carbonyl (C=O) groups is 2. The summed E-state index contributed by atoms with van der Waals surface area (Å²) in [6.07, 6.45) is 1.55. The molecule has 0 radical (unpaired) electrons. The van der Waals surface area contributed by atoms with Gasteiger partial charge in [0.2, 0.25) is 0 Å². The number of imide groups is 1. The number of amides is 3. The van der Waals surface area contributed by atoms with Gasteiger partial charge in [-0.2, -0.15) is 0 Å². The predicted molar refractivity (Wildman–Crippen MR) is 61.1 cm³/mol. The third-order valence-corrected chi connectivity index (χ3v) is 2.44. The Hall–Kier alpha value is -2.10. The van der Waals surface area contributed by atoms with Crippen LogP contribution in [-0.4, -0.2) is 29.9 Å². The minimum absolute atomic E-state index is 0.108. The van der Waals surface area contributed by atoms with E-state index in [1.54, 1.807) is 6.08 Å². The Kier molecular flexibility index (Phi) is 2.72. The van der Waals surface area contributed by atoms with Gasteiger partial charge in [-0.3, -0.25) is 14.6 Å². The predicted octanol–water partition coefficient (Wildman–Crippen LogP) is 1.64. The minimum atomic E-state index is -0.281. The molecule has 1 saturated heterocycles. The zero-order chi connectivity index (χ0) is 11.5. The summed E-state index contributed by atoms with van der Waals surface area (Å²) in [5.74, 6) is -0.186. The molecule has 1 aromatic carbocycles. The van der Waals surface area contributed by atoms with Crippen LogP contribution in [0, 0.1) is 0 Å². The van der Waals surface area contributed by atoms with Gasteiger partial charge in [0, 0.05) is 12.2 Å². The van der Waals surface area contributed by atoms with Crippen molar-refractivity contribution in [3.63, 3.8) is 0 Å². The van der Waals surface area contributed by atoms with Crippen LogP contribution >= 0.6 is 0 Å². The maximum Gasteiger partial charge on any atom is 0.332 e. The summed E-state index contributed by atoms with van der Waals surface area (Å²) in [7, 11) is 0. The monoisotopic (exact) mass is 216 g/mol. The molecule has 82 valence electrons. The summed E-state index contributed by atoms with van der Waals surface area (Å²) in [5, 5.41) is 0. The number of para-hydroxylation sites is 1. The van der Waals surface area contributed by atoms with Gasteiger partial charge in [0.25, 0.3) is 5.91 Å². The van der Waals surface area contributed by atoms with Crippen LogP contribution in [0.4, 0.5) is 10.5 Å². The van der Waals surface area contributed by atoms with Gasteiger partial charge in [-0.05, 0) is 12.1 Å². The fourth-order valence-corrected chi connectivity index (χ4v) is 1.66. The average molecular weight is 216 g/mol. The first-order valence-corrected chi connectivity index (χ1v) is 5.02. The second-order valence-corrected chi connectivity index (χ2v) is 3.50. The average Bonchev–Trinajstić information content (AvgIpc) is 2.59. The zero-order valence-electron chi connectivity index (χ0n) is 8.80. The van der Waals surface area contributed by atoms with Gasteiger partial charge in [-0.25, -0.2) is 4.79 Å². The topological polar surface area (TPSA) is 40.6 Å². The van der Waals surface area contributed by atoms with Gasteiger partial charge in [0.1, 0.15) is 6.54 Å². The molecule has 0 bridgehead atoms. The summed E-state index contributed by atoms with van der Waals surface area (Å²) in [5.41, 5.74) is 0.743. The summed E-state index contributed by atoms with van der Waals surface area (Å²) in [6.45, 7) is 3.90. The Morgan fingerprint density at radius 2 is 1.94 bits per heavy atom. The maximum atomic E-state index is 11.9. The number of hydrogen-bond donors (Lipinski definition) is 0. The second kappa shape index (κ2) is 4.18. The molecule has 1 fully saturated rings. The van der Waals surface area contributed by atoms with E-state index >= 15 is 0 Å². The number of nitrogens with zero attached hydrogens (tertiary/aromatic N) is 2. The molecule has 1 aromatic rings. The Morgan fingerprint density at radius 3 is 2.56 bits per heavy atom. The van der Waals surface area contributed by atoms with Crippen LogP contribution in [0.2, 0.25) is 0 Å². The zero-order valence-corrected chi connectivity index (χ0v) is 8.80. The summed E-state index contributed by atoms with van der Waals surface area (Å²) in [6, 6.07) is 8.88. The fraction of sp³-hybridized carbons (Fsp3) is 0.167. The van der Waals surface area contributed by atoms with Crippen molar-refractivity contribution < 1.29 is 9.59 Å². The highest BCUT2D eigenvalue weighted by molar-refractivity contribution is 6.12. The van der Waals surface area contributed by atoms with Crippen molar-refractivity contribution in [2.24, 2.45) is 0 Å². The minimum Gasteiger partial charge on any atom is -0.285 e. The number of hydrogen-bond acceptors (Lipinski definition) is 2. The maximum absolute atomic E-state index is 11.9. The third-order valence-electron chi connectivity index (χ3n) is 2.44. The molecule has 0 spiro atoms. The van der Waals surface area contributed by atoms with Crippen molar-refractivity contribution in [3.05, 3.63) is 43.0 Å². The van der Waals surface area contributed by atoms with E-state index in [2.05, 4.69) is 6.58 Å². The van der Waals surface area contributed by atoms with Crippen molar-refractivity contribution >= 4 is 17.6 Å². The van der Waals surface area contributed by atoms with E-state index in [0.717, 1.165) is 5.69 Å². The number of urea groups is 1. The first-order valence-electron chi connectivity index (χ1n) is 5.02. The molecule has 1 aliphatic rings. The third kappa shape index (κ3) is 1.69. The van der Waals surface area contributed by atoms with Crippen molar-refractivity contribution in [2.45, 2.75) is 0 Å².